The molecule has 6 nitrogen and oxygen atoms in total. The highest BCUT2D eigenvalue weighted by Crippen LogP contribution is 2.23. The topological polar surface area (TPSA) is 72.7 Å². The lowest BCUT2D eigenvalue weighted by Gasteiger charge is -2.19. The highest BCUT2D eigenvalue weighted by atomic mass is 16.5. The van der Waals surface area contributed by atoms with E-state index in [1.165, 1.54) is 16.0 Å². The van der Waals surface area contributed by atoms with Crippen LogP contribution in [0.4, 0.5) is 5.69 Å². The minimum Gasteiger partial charge on any atom is -0.487 e. The molecular weight excluding hydrogens is 414 g/mol. The van der Waals surface area contributed by atoms with Crippen molar-refractivity contribution in [1.29, 1.82) is 0 Å². The van der Waals surface area contributed by atoms with E-state index in [-0.39, 0.29) is 23.5 Å². The minimum atomic E-state index is -0.188. The molecular formula is C27H27N3O3. The predicted molar refractivity (Wildman–Crippen MR) is 130 cm³/mol. The Kier molecular flexibility index (Phi) is 6.01. The van der Waals surface area contributed by atoms with Crippen molar-refractivity contribution in [2.24, 2.45) is 0 Å². The summed E-state index contributed by atoms with van der Waals surface area (Å²) in [4.78, 5) is 29.5. The summed E-state index contributed by atoms with van der Waals surface area (Å²) in [6, 6.07) is 20.0. The molecule has 0 saturated heterocycles. The number of anilines is 1. The lowest BCUT2D eigenvalue weighted by molar-refractivity contribution is 0.102. The third kappa shape index (κ3) is 5.29. The molecule has 0 aliphatic rings. The maximum atomic E-state index is 12.7. The quantitative estimate of drug-likeness (QED) is 0.466. The molecule has 0 aliphatic heterocycles. The van der Waals surface area contributed by atoms with Gasteiger partial charge in [0.2, 0.25) is 0 Å². The third-order valence-corrected chi connectivity index (χ3v) is 5.37. The number of amides is 1. The van der Waals surface area contributed by atoms with E-state index < -0.39 is 0 Å². The molecule has 2 aromatic carbocycles. The summed E-state index contributed by atoms with van der Waals surface area (Å²) < 4.78 is 7.35. The van der Waals surface area contributed by atoms with Gasteiger partial charge in [0.1, 0.15) is 18.0 Å². The van der Waals surface area contributed by atoms with Crippen LogP contribution in [0.5, 0.6) is 5.75 Å². The summed E-state index contributed by atoms with van der Waals surface area (Å²) >= 11 is 0. The second-order valence-electron chi connectivity index (χ2n) is 9.12. The Morgan fingerprint density at radius 3 is 2.52 bits per heavy atom. The van der Waals surface area contributed by atoms with Crippen molar-refractivity contribution in [1.82, 2.24) is 9.38 Å². The number of carbonyl (C=O) groups excluding carboxylic acids is 1. The number of aromatic nitrogens is 2. The van der Waals surface area contributed by atoms with E-state index in [1.54, 1.807) is 30.5 Å². The number of hydrogen-bond acceptors (Lipinski definition) is 4. The van der Waals surface area contributed by atoms with Crippen LogP contribution in [0.2, 0.25) is 0 Å². The van der Waals surface area contributed by atoms with Crippen LogP contribution in [0.25, 0.3) is 5.65 Å². The molecule has 6 heteroatoms. The van der Waals surface area contributed by atoms with Crippen molar-refractivity contribution in [3.05, 3.63) is 106 Å². The number of hydrogen-bond donors (Lipinski definition) is 1. The van der Waals surface area contributed by atoms with Crippen LogP contribution in [-0.2, 0) is 12.0 Å². The molecule has 0 bridgehead atoms. The van der Waals surface area contributed by atoms with Crippen molar-refractivity contribution in [3.63, 3.8) is 0 Å². The van der Waals surface area contributed by atoms with Crippen LogP contribution in [-0.4, -0.2) is 15.3 Å². The first kappa shape index (κ1) is 22.3. The minimum absolute atomic E-state index is 0.0327. The largest absolute Gasteiger partial charge is 0.487 e. The Hall–Kier alpha value is -3.93. The average molecular weight is 442 g/mol. The van der Waals surface area contributed by atoms with Gasteiger partial charge < -0.3 is 10.1 Å². The summed E-state index contributed by atoms with van der Waals surface area (Å²) in [6.45, 7) is 8.51. The number of fused-ring (bicyclic) bond motifs is 1. The molecule has 2 aromatic heterocycles. The Bertz CT molecular complexity index is 1370. The Balaban J connectivity index is 1.44. The molecule has 0 aliphatic carbocycles. The Labute approximate surface area is 192 Å². The molecule has 4 rings (SSSR count). The zero-order chi connectivity index (χ0) is 23.6. The molecule has 1 N–H and O–H groups in total. The fraction of sp³-hybridized carbons (Fsp3) is 0.222. The maximum Gasteiger partial charge on any atom is 0.258 e. The number of nitrogens with one attached hydrogen (secondary N) is 1. The number of benzene rings is 2. The second-order valence-corrected chi connectivity index (χ2v) is 9.12. The number of ether oxygens (including phenoxy) is 1. The number of rotatable bonds is 5. The van der Waals surface area contributed by atoms with E-state index in [4.69, 9.17) is 4.74 Å². The molecule has 0 atom stereocenters. The van der Waals surface area contributed by atoms with Gasteiger partial charge in [-0.2, -0.15) is 0 Å². The summed E-state index contributed by atoms with van der Waals surface area (Å²) in [5, 5.41) is 2.91. The molecule has 33 heavy (non-hydrogen) atoms. The molecule has 2 heterocycles. The van der Waals surface area contributed by atoms with Crippen LogP contribution in [0.1, 0.15) is 48.0 Å². The molecule has 0 unspecified atom stereocenters. The van der Waals surface area contributed by atoms with Gasteiger partial charge in [0, 0.05) is 29.6 Å². The first-order chi connectivity index (χ1) is 15.7. The number of pyridine rings is 1. The zero-order valence-corrected chi connectivity index (χ0v) is 19.3. The predicted octanol–water partition coefficient (Wildman–Crippen LogP) is 5.13. The molecule has 0 radical (unpaired) electrons. The maximum absolute atomic E-state index is 12.7. The molecule has 1 amide bonds. The van der Waals surface area contributed by atoms with Gasteiger partial charge >= 0.3 is 0 Å². The average Bonchev–Trinajstić information content (AvgIpc) is 2.77. The number of carbonyl (C=O) groups is 1. The van der Waals surface area contributed by atoms with Crippen LogP contribution >= 0.6 is 0 Å². The molecule has 168 valence electrons. The van der Waals surface area contributed by atoms with Crippen LogP contribution in [0.3, 0.4) is 0 Å². The molecule has 0 fully saturated rings. The van der Waals surface area contributed by atoms with E-state index in [2.05, 4.69) is 31.1 Å². The van der Waals surface area contributed by atoms with Gasteiger partial charge in [0.25, 0.3) is 11.5 Å². The van der Waals surface area contributed by atoms with Crippen LogP contribution in [0.15, 0.2) is 77.7 Å². The van der Waals surface area contributed by atoms with Gasteiger partial charge in [-0.25, -0.2) is 4.98 Å². The van der Waals surface area contributed by atoms with Gasteiger partial charge in [-0.05, 0) is 59.9 Å². The molecule has 0 saturated carbocycles. The van der Waals surface area contributed by atoms with Crippen LogP contribution < -0.4 is 15.6 Å². The number of nitrogens with zero attached hydrogens (tertiary/aromatic N) is 2. The monoisotopic (exact) mass is 441 g/mol. The van der Waals surface area contributed by atoms with Gasteiger partial charge in [-0.3, -0.25) is 14.0 Å². The zero-order valence-electron chi connectivity index (χ0n) is 19.3. The van der Waals surface area contributed by atoms with Gasteiger partial charge in [-0.15, -0.1) is 0 Å². The van der Waals surface area contributed by atoms with Crippen molar-refractivity contribution in [2.75, 3.05) is 5.32 Å². The number of aryl methyl sites for hydroxylation is 1. The summed E-state index contributed by atoms with van der Waals surface area (Å²) in [7, 11) is 0. The van der Waals surface area contributed by atoms with E-state index in [0.29, 0.717) is 28.3 Å². The highest BCUT2D eigenvalue weighted by Gasteiger charge is 2.14. The van der Waals surface area contributed by atoms with Gasteiger partial charge in [-0.1, -0.05) is 39.0 Å². The third-order valence-electron chi connectivity index (χ3n) is 5.37. The first-order valence-electron chi connectivity index (χ1n) is 10.8. The Morgan fingerprint density at radius 1 is 1.03 bits per heavy atom. The molecule has 0 spiro atoms. The highest BCUT2D eigenvalue weighted by molar-refractivity contribution is 6.04. The molecule has 4 aromatic rings. The Morgan fingerprint density at radius 2 is 1.79 bits per heavy atom. The normalized spacial score (nSPS) is 11.4. The smallest absolute Gasteiger partial charge is 0.258 e. The lowest BCUT2D eigenvalue weighted by atomic mass is 9.87. The first-order valence-corrected chi connectivity index (χ1v) is 10.8. The van der Waals surface area contributed by atoms with Gasteiger partial charge in [0.05, 0.1) is 5.69 Å². The van der Waals surface area contributed by atoms with Crippen molar-refractivity contribution >= 4 is 17.2 Å². The van der Waals surface area contributed by atoms with Crippen molar-refractivity contribution < 1.29 is 9.53 Å². The second kappa shape index (κ2) is 8.90. The van der Waals surface area contributed by atoms with Crippen LogP contribution in [0, 0.1) is 6.92 Å². The lowest BCUT2D eigenvalue weighted by Crippen LogP contribution is -2.16. The van der Waals surface area contributed by atoms with Gasteiger partial charge in [0.15, 0.2) is 0 Å². The van der Waals surface area contributed by atoms with Crippen molar-refractivity contribution in [2.45, 2.75) is 39.7 Å². The van der Waals surface area contributed by atoms with Crippen molar-refractivity contribution in [3.8, 4) is 5.75 Å². The summed E-state index contributed by atoms with van der Waals surface area (Å²) in [6.07, 6.45) is 1.72. The fourth-order valence-corrected chi connectivity index (χ4v) is 3.47. The van der Waals surface area contributed by atoms with E-state index in [0.717, 1.165) is 5.56 Å². The van der Waals surface area contributed by atoms with E-state index in [1.807, 2.05) is 43.3 Å². The fourth-order valence-electron chi connectivity index (χ4n) is 3.47. The SMILES string of the molecule is Cc1ccn2c(=O)cc(COc3cccc(NC(=O)c4ccc(C(C)(C)C)cc4)c3)nc2c1. The van der Waals surface area contributed by atoms with E-state index in [9.17, 15) is 9.59 Å². The summed E-state index contributed by atoms with van der Waals surface area (Å²) in [5.41, 5.74) is 4.41. The van der Waals surface area contributed by atoms with E-state index >= 15 is 0 Å². The summed E-state index contributed by atoms with van der Waals surface area (Å²) in [5.74, 6) is 0.384. The standard InChI is InChI=1S/C27H27N3O3/c1-18-12-13-30-24(14-18)28-22(16-25(30)31)17-33-23-7-5-6-21(15-23)29-26(32)19-8-10-20(11-9-19)27(2,3)4/h5-16H,17H2,1-4H3,(H,29,32).